The summed E-state index contributed by atoms with van der Waals surface area (Å²) in [5.74, 6) is -1.13. The van der Waals surface area contributed by atoms with E-state index in [4.69, 9.17) is 20.9 Å². The second-order valence-corrected chi connectivity index (χ2v) is 7.56. The first-order chi connectivity index (χ1) is 16.8. The molecule has 0 spiro atoms. The van der Waals surface area contributed by atoms with E-state index in [0.29, 0.717) is 23.1 Å². The Balaban J connectivity index is 1.62. The number of nitrogens with one attached hydrogen (secondary N) is 3. The number of rotatable bonds is 11. The van der Waals surface area contributed by atoms with E-state index >= 15 is 0 Å². The Morgan fingerprint density at radius 3 is 2.46 bits per heavy atom. The highest BCUT2D eigenvalue weighted by molar-refractivity contribution is 5.97. The summed E-state index contributed by atoms with van der Waals surface area (Å²) in [4.78, 5) is 47.7. The minimum atomic E-state index is -0.965. The summed E-state index contributed by atoms with van der Waals surface area (Å²) in [5.41, 5.74) is 14.1. The van der Waals surface area contributed by atoms with Crippen LogP contribution in [0.25, 0.3) is 11.0 Å². The maximum absolute atomic E-state index is 12.7. The number of benzene rings is 1. The maximum atomic E-state index is 12.7. The lowest BCUT2D eigenvalue weighted by Crippen LogP contribution is -2.42. The first-order valence-electron chi connectivity index (χ1n) is 11.2. The third kappa shape index (κ3) is 6.59. The molecular formula is C23H29N7O5. The third-order valence-corrected chi connectivity index (χ3v) is 5.11. The van der Waals surface area contributed by atoms with Crippen LogP contribution in [0.15, 0.2) is 30.5 Å². The molecule has 7 N–H and O–H groups in total. The molecule has 12 heteroatoms. The van der Waals surface area contributed by atoms with Gasteiger partial charge in [-0.05, 0) is 44.5 Å². The van der Waals surface area contributed by atoms with E-state index in [-0.39, 0.29) is 37.8 Å². The van der Waals surface area contributed by atoms with Gasteiger partial charge in [0.15, 0.2) is 0 Å². The molecule has 0 aliphatic rings. The molecule has 2 aromatic heterocycles. The fraction of sp³-hybridized carbons (Fsp3) is 0.348. The lowest BCUT2D eigenvalue weighted by Gasteiger charge is -2.17. The van der Waals surface area contributed by atoms with Gasteiger partial charge in [0.2, 0.25) is 5.95 Å². The van der Waals surface area contributed by atoms with Crippen LogP contribution in [-0.4, -0.2) is 52.1 Å². The van der Waals surface area contributed by atoms with Crippen molar-refractivity contribution in [3.8, 4) is 0 Å². The van der Waals surface area contributed by atoms with Crippen molar-refractivity contribution in [1.29, 1.82) is 0 Å². The van der Waals surface area contributed by atoms with Gasteiger partial charge in [0.25, 0.3) is 5.91 Å². The Morgan fingerprint density at radius 1 is 1.06 bits per heavy atom. The first kappa shape index (κ1) is 25.3. The summed E-state index contributed by atoms with van der Waals surface area (Å²) in [6.07, 6.45) is 1.83. The Morgan fingerprint density at radius 2 is 1.77 bits per heavy atom. The summed E-state index contributed by atoms with van der Waals surface area (Å²) in [6, 6.07) is 5.75. The molecule has 35 heavy (non-hydrogen) atoms. The number of ether oxygens (including phenoxy) is 2. The predicted octanol–water partition coefficient (Wildman–Crippen LogP) is 1.74. The van der Waals surface area contributed by atoms with Crippen LogP contribution >= 0.6 is 0 Å². The summed E-state index contributed by atoms with van der Waals surface area (Å²) >= 11 is 0. The minimum Gasteiger partial charge on any atom is -0.466 e. The summed E-state index contributed by atoms with van der Waals surface area (Å²) in [7, 11) is 0. The lowest BCUT2D eigenvalue weighted by atomic mass is 10.1. The molecular weight excluding hydrogens is 454 g/mol. The highest BCUT2D eigenvalue weighted by Crippen LogP contribution is 2.23. The van der Waals surface area contributed by atoms with E-state index in [1.54, 1.807) is 44.3 Å². The molecule has 12 nitrogen and oxygen atoms in total. The SMILES string of the molecule is CCOC(=O)CC[C@H](NC(=O)c1ccc(NCc2c[nH]c3nc(N)nc(N)c23)cc1)C(=O)OCC. The smallest absolute Gasteiger partial charge is 0.328 e. The van der Waals surface area contributed by atoms with Crippen molar-refractivity contribution in [3.05, 3.63) is 41.6 Å². The zero-order valence-electron chi connectivity index (χ0n) is 19.6. The van der Waals surface area contributed by atoms with Gasteiger partial charge in [-0.15, -0.1) is 0 Å². The fourth-order valence-corrected chi connectivity index (χ4v) is 3.45. The molecule has 0 bridgehead atoms. The minimum absolute atomic E-state index is 0.0174. The average molecular weight is 484 g/mol. The van der Waals surface area contributed by atoms with Gasteiger partial charge in [-0.2, -0.15) is 9.97 Å². The molecule has 0 aliphatic carbocycles. The quantitative estimate of drug-likeness (QED) is 0.251. The van der Waals surface area contributed by atoms with Crippen molar-refractivity contribution in [2.45, 2.75) is 39.3 Å². The number of aromatic nitrogens is 3. The number of hydrogen-bond donors (Lipinski definition) is 5. The van der Waals surface area contributed by atoms with Crippen LogP contribution in [0, 0.1) is 0 Å². The average Bonchev–Trinajstić information content (AvgIpc) is 3.24. The second kappa shape index (κ2) is 11.7. The number of carbonyl (C=O) groups is 3. The number of nitrogens with zero attached hydrogens (tertiary/aromatic N) is 2. The van der Waals surface area contributed by atoms with E-state index in [1.165, 1.54) is 0 Å². The standard InChI is InChI=1S/C23H29N7O5/c1-3-34-17(31)10-9-16(22(33)35-4-2)28-21(32)13-5-7-15(8-6-13)26-11-14-12-27-20-18(14)19(24)29-23(25)30-20/h5-8,12,16,26H,3-4,9-11H2,1-2H3,(H,28,32)(H5,24,25,27,29,30)/t16-/m0/s1. The van der Waals surface area contributed by atoms with E-state index in [2.05, 4.69) is 25.6 Å². The largest absolute Gasteiger partial charge is 0.466 e. The molecule has 0 fully saturated rings. The zero-order chi connectivity index (χ0) is 25.4. The van der Waals surface area contributed by atoms with Gasteiger partial charge in [0, 0.05) is 36.0 Å². The normalized spacial score (nSPS) is 11.6. The van der Waals surface area contributed by atoms with Crippen molar-refractivity contribution in [2.24, 2.45) is 0 Å². The number of H-pyrrole nitrogens is 1. The molecule has 3 aromatic rings. The third-order valence-electron chi connectivity index (χ3n) is 5.11. The van der Waals surface area contributed by atoms with Gasteiger partial charge < -0.3 is 36.6 Å². The van der Waals surface area contributed by atoms with Crippen molar-refractivity contribution in [3.63, 3.8) is 0 Å². The van der Waals surface area contributed by atoms with Gasteiger partial charge in [0.05, 0.1) is 18.6 Å². The molecule has 3 rings (SSSR count). The van der Waals surface area contributed by atoms with Crippen LogP contribution in [0.4, 0.5) is 17.5 Å². The summed E-state index contributed by atoms with van der Waals surface area (Å²) in [6.45, 7) is 4.20. The molecule has 0 radical (unpaired) electrons. The van der Waals surface area contributed by atoms with Gasteiger partial charge >= 0.3 is 11.9 Å². The van der Waals surface area contributed by atoms with E-state index < -0.39 is 23.9 Å². The molecule has 0 saturated heterocycles. The lowest BCUT2D eigenvalue weighted by molar-refractivity contribution is -0.146. The number of fused-ring (bicyclic) bond motifs is 1. The predicted molar refractivity (Wildman–Crippen MR) is 130 cm³/mol. The number of esters is 2. The van der Waals surface area contributed by atoms with Crippen LogP contribution in [0.3, 0.4) is 0 Å². The summed E-state index contributed by atoms with van der Waals surface area (Å²) in [5, 5.41) is 6.57. The molecule has 186 valence electrons. The molecule has 1 atom stereocenters. The highest BCUT2D eigenvalue weighted by atomic mass is 16.5. The number of hydrogen-bond acceptors (Lipinski definition) is 10. The number of nitrogens with two attached hydrogens (primary N) is 2. The van der Waals surface area contributed by atoms with Crippen molar-refractivity contribution < 1.29 is 23.9 Å². The number of carbonyl (C=O) groups excluding carboxylic acids is 3. The van der Waals surface area contributed by atoms with Crippen LogP contribution in [0.1, 0.15) is 42.6 Å². The molecule has 0 saturated carbocycles. The monoisotopic (exact) mass is 483 g/mol. The Hall–Kier alpha value is -4.35. The molecule has 0 aliphatic heterocycles. The molecule has 1 aromatic carbocycles. The van der Waals surface area contributed by atoms with Crippen molar-refractivity contribution in [2.75, 3.05) is 30.0 Å². The molecule has 1 amide bonds. The van der Waals surface area contributed by atoms with E-state index in [1.807, 2.05) is 0 Å². The van der Waals surface area contributed by atoms with Crippen LogP contribution in [0.2, 0.25) is 0 Å². The van der Waals surface area contributed by atoms with Gasteiger partial charge in [-0.1, -0.05) is 0 Å². The fourth-order valence-electron chi connectivity index (χ4n) is 3.45. The van der Waals surface area contributed by atoms with Crippen LogP contribution in [-0.2, 0) is 25.6 Å². The second-order valence-electron chi connectivity index (χ2n) is 7.56. The van der Waals surface area contributed by atoms with Gasteiger partial charge in [0.1, 0.15) is 17.5 Å². The zero-order valence-corrected chi connectivity index (χ0v) is 19.6. The Labute approximate surface area is 201 Å². The molecule has 2 heterocycles. The van der Waals surface area contributed by atoms with E-state index in [9.17, 15) is 14.4 Å². The van der Waals surface area contributed by atoms with Crippen LogP contribution in [0.5, 0.6) is 0 Å². The number of amides is 1. The molecule has 0 unspecified atom stereocenters. The van der Waals surface area contributed by atoms with Crippen molar-refractivity contribution >= 4 is 46.3 Å². The summed E-state index contributed by atoms with van der Waals surface area (Å²) < 4.78 is 9.91. The van der Waals surface area contributed by atoms with Gasteiger partial charge in [-0.3, -0.25) is 9.59 Å². The Kier molecular flexibility index (Phi) is 8.43. The first-order valence-corrected chi connectivity index (χ1v) is 11.2. The maximum Gasteiger partial charge on any atom is 0.328 e. The van der Waals surface area contributed by atoms with Gasteiger partial charge in [-0.25, -0.2) is 4.79 Å². The topological polar surface area (TPSA) is 187 Å². The number of nitrogen functional groups attached to an aromatic ring is 2. The number of aromatic amines is 1. The van der Waals surface area contributed by atoms with E-state index in [0.717, 1.165) is 11.3 Å². The highest BCUT2D eigenvalue weighted by Gasteiger charge is 2.24. The number of anilines is 3. The van der Waals surface area contributed by atoms with Crippen LogP contribution < -0.4 is 22.1 Å². The Bertz CT molecular complexity index is 1190. The van der Waals surface area contributed by atoms with Crippen molar-refractivity contribution in [1.82, 2.24) is 20.3 Å².